The monoisotopic (exact) mass is 306 g/mol. The lowest BCUT2D eigenvalue weighted by molar-refractivity contribution is 0.0905. The van der Waals surface area contributed by atoms with Crippen molar-refractivity contribution in [3.05, 3.63) is 27.5 Å². The Morgan fingerprint density at radius 1 is 1.75 bits per heavy atom. The van der Waals surface area contributed by atoms with Gasteiger partial charge in [-0.2, -0.15) is 0 Å². The molecule has 16 heavy (non-hydrogen) atoms. The fraction of sp³-hybridized carbons (Fsp3) is 0.400. The Labute approximate surface area is 107 Å². The number of pyridine rings is 1. The van der Waals surface area contributed by atoms with Crippen molar-refractivity contribution >= 4 is 33.4 Å². The molecule has 0 radical (unpaired) electrons. The van der Waals surface area contributed by atoms with Gasteiger partial charge in [-0.1, -0.05) is 11.6 Å². The Bertz CT molecular complexity index is 387. The van der Waals surface area contributed by atoms with Crippen molar-refractivity contribution in [2.75, 3.05) is 13.7 Å². The molecule has 1 unspecified atom stereocenters. The van der Waals surface area contributed by atoms with Crippen LogP contribution >= 0.6 is 27.5 Å². The second-order valence-corrected chi connectivity index (χ2v) is 4.60. The minimum absolute atomic E-state index is 0.0763. The molecule has 88 valence electrons. The smallest absolute Gasteiger partial charge is 0.254 e. The first-order chi connectivity index (χ1) is 7.54. The number of methoxy groups -OCH3 is 1. The first-order valence-corrected chi connectivity index (χ1v) is 5.82. The molecule has 0 aliphatic carbocycles. The van der Waals surface area contributed by atoms with Crippen molar-refractivity contribution in [1.82, 2.24) is 10.3 Å². The number of carbonyl (C=O) groups excluding carboxylic acids is 1. The number of hydrogen-bond acceptors (Lipinski definition) is 3. The van der Waals surface area contributed by atoms with Gasteiger partial charge in [0, 0.05) is 23.8 Å². The highest BCUT2D eigenvalue weighted by Crippen LogP contribution is 2.17. The molecule has 1 atom stereocenters. The zero-order valence-corrected chi connectivity index (χ0v) is 11.3. The van der Waals surface area contributed by atoms with Gasteiger partial charge in [0.15, 0.2) is 0 Å². The molecule has 1 rings (SSSR count). The highest BCUT2D eigenvalue weighted by Gasteiger charge is 2.14. The van der Waals surface area contributed by atoms with E-state index in [0.717, 1.165) is 0 Å². The van der Waals surface area contributed by atoms with E-state index in [4.69, 9.17) is 16.3 Å². The van der Waals surface area contributed by atoms with Crippen LogP contribution in [-0.4, -0.2) is 30.6 Å². The number of halogens is 2. The largest absolute Gasteiger partial charge is 0.383 e. The van der Waals surface area contributed by atoms with Gasteiger partial charge in [-0.3, -0.25) is 4.79 Å². The van der Waals surface area contributed by atoms with Gasteiger partial charge in [-0.15, -0.1) is 0 Å². The van der Waals surface area contributed by atoms with E-state index in [2.05, 4.69) is 26.2 Å². The summed E-state index contributed by atoms with van der Waals surface area (Å²) in [6.07, 6.45) is 1.54. The van der Waals surface area contributed by atoms with Crippen molar-refractivity contribution < 1.29 is 9.53 Å². The van der Waals surface area contributed by atoms with E-state index >= 15 is 0 Å². The first kappa shape index (κ1) is 13.4. The van der Waals surface area contributed by atoms with Crippen molar-refractivity contribution in [1.29, 1.82) is 0 Å². The number of rotatable bonds is 4. The van der Waals surface area contributed by atoms with Crippen LogP contribution in [0.3, 0.4) is 0 Å². The summed E-state index contributed by atoms with van der Waals surface area (Å²) < 4.78 is 5.63. The molecule has 0 saturated heterocycles. The fourth-order valence-corrected chi connectivity index (χ4v) is 1.70. The third-order valence-corrected chi connectivity index (χ3v) is 2.58. The van der Waals surface area contributed by atoms with Crippen LogP contribution in [0.1, 0.15) is 17.3 Å². The lowest BCUT2D eigenvalue weighted by Gasteiger charge is -2.13. The summed E-state index contributed by atoms with van der Waals surface area (Å²) in [5.74, 6) is -0.261. The topological polar surface area (TPSA) is 51.2 Å². The average Bonchev–Trinajstić information content (AvgIpc) is 2.21. The molecule has 0 aliphatic rings. The van der Waals surface area contributed by atoms with E-state index in [1.165, 1.54) is 6.20 Å². The molecule has 0 saturated carbocycles. The molecule has 0 aromatic carbocycles. The Balaban J connectivity index is 2.76. The van der Waals surface area contributed by atoms with E-state index in [9.17, 15) is 4.79 Å². The molecular weight excluding hydrogens is 295 g/mol. The van der Waals surface area contributed by atoms with E-state index in [-0.39, 0.29) is 17.1 Å². The summed E-state index contributed by atoms with van der Waals surface area (Å²) in [6, 6.07) is 1.55. The summed E-state index contributed by atoms with van der Waals surface area (Å²) in [5.41, 5.74) is 0.346. The Hall–Kier alpha value is -0.650. The minimum Gasteiger partial charge on any atom is -0.383 e. The summed E-state index contributed by atoms with van der Waals surface area (Å²) in [4.78, 5) is 15.7. The van der Waals surface area contributed by atoms with Crippen LogP contribution in [0.5, 0.6) is 0 Å². The molecule has 4 nitrogen and oxygen atoms in total. The summed E-state index contributed by atoms with van der Waals surface area (Å²) >= 11 is 9.06. The van der Waals surface area contributed by atoms with Crippen LogP contribution in [-0.2, 0) is 4.74 Å². The predicted molar refractivity (Wildman–Crippen MR) is 65.8 cm³/mol. The van der Waals surface area contributed by atoms with Crippen LogP contribution in [0, 0.1) is 0 Å². The zero-order valence-electron chi connectivity index (χ0n) is 8.96. The molecule has 6 heteroatoms. The van der Waals surface area contributed by atoms with Gasteiger partial charge in [0.2, 0.25) is 0 Å². The fourth-order valence-electron chi connectivity index (χ4n) is 1.18. The predicted octanol–water partition coefficient (Wildman–Crippen LogP) is 2.26. The second-order valence-electron chi connectivity index (χ2n) is 3.32. The van der Waals surface area contributed by atoms with Crippen LogP contribution in [0.15, 0.2) is 16.7 Å². The molecule has 0 spiro atoms. The lowest BCUT2D eigenvalue weighted by Crippen LogP contribution is -2.35. The molecule has 0 bridgehead atoms. The SMILES string of the molecule is COCC(C)NC(=O)c1cc(Br)cnc1Cl. The normalized spacial score (nSPS) is 12.2. The maximum Gasteiger partial charge on any atom is 0.254 e. The summed E-state index contributed by atoms with van der Waals surface area (Å²) in [6.45, 7) is 2.30. The van der Waals surface area contributed by atoms with Gasteiger partial charge < -0.3 is 10.1 Å². The van der Waals surface area contributed by atoms with Gasteiger partial charge in [0.05, 0.1) is 12.2 Å². The third-order valence-electron chi connectivity index (χ3n) is 1.84. The van der Waals surface area contributed by atoms with Crippen molar-refractivity contribution in [3.8, 4) is 0 Å². The Morgan fingerprint density at radius 2 is 2.44 bits per heavy atom. The maximum absolute atomic E-state index is 11.8. The highest BCUT2D eigenvalue weighted by molar-refractivity contribution is 9.10. The number of amides is 1. The Morgan fingerprint density at radius 3 is 3.06 bits per heavy atom. The van der Waals surface area contributed by atoms with Crippen molar-refractivity contribution in [2.24, 2.45) is 0 Å². The molecule has 1 N–H and O–H groups in total. The summed E-state index contributed by atoms with van der Waals surface area (Å²) in [7, 11) is 1.58. The number of carbonyl (C=O) groups is 1. The van der Waals surface area contributed by atoms with E-state index in [1.54, 1.807) is 13.2 Å². The number of nitrogens with one attached hydrogen (secondary N) is 1. The third kappa shape index (κ3) is 3.73. The lowest BCUT2D eigenvalue weighted by atomic mass is 10.2. The molecule has 1 aromatic heterocycles. The minimum atomic E-state index is -0.261. The number of hydrogen-bond donors (Lipinski definition) is 1. The van der Waals surface area contributed by atoms with Gasteiger partial charge in [-0.05, 0) is 28.9 Å². The van der Waals surface area contributed by atoms with Crippen molar-refractivity contribution in [2.45, 2.75) is 13.0 Å². The van der Waals surface area contributed by atoms with Crippen LogP contribution in [0.2, 0.25) is 5.15 Å². The van der Waals surface area contributed by atoms with Gasteiger partial charge in [0.25, 0.3) is 5.91 Å². The standard InChI is InChI=1S/C10H12BrClN2O2/c1-6(5-16-2)14-10(15)8-3-7(11)4-13-9(8)12/h3-4,6H,5H2,1-2H3,(H,14,15). The summed E-state index contributed by atoms with van der Waals surface area (Å²) in [5, 5.41) is 2.94. The highest BCUT2D eigenvalue weighted by atomic mass is 79.9. The second kappa shape index (κ2) is 6.18. The van der Waals surface area contributed by atoms with Crippen LogP contribution < -0.4 is 5.32 Å². The molecule has 0 fully saturated rings. The molecule has 0 aliphatic heterocycles. The molecule has 1 amide bonds. The zero-order chi connectivity index (χ0) is 12.1. The van der Waals surface area contributed by atoms with E-state index in [1.807, 2.05) is 6.92 Å². The van der Waals surface area contributed by atoms with Gasteiger partial charge >= 0.3 is 0 Å². The van der Waals surface area contributed by atoms with Gasteiger partial charge in [0.1, 0.15) is 5.15 Å². The Kier molecular flexibility index (Phi) is 5.18. The molecular formula is C10H12BrClN2O2. The van der Waals surface area contributed by atoms with Crippen LogP contribution in [0.4, 0.5) is 0 Å². The van der Waals surface area contributed by atoms with Crippen molar-refractivity contribution in [3.63, 3.8) is 0 Å². The van der Waals surface area contributed by atoms with Crippen LogP contribution in [0.25, 0.3) is 0 Å². The molecule has 1 aromatic rings. The number of aromatic nitrogens is 1. The first-order valence-electron chi connectivity index (χ1n) is 4.65. The number of ether oxygens (including phenoxy) is 1. The maximum atomic E-state index is 11.8. The van der Waals surface area contributed by atoms with E-state index < -0.39 is 0 Å². The quantitative estimate of drug-likeness (QED) is 0.868. The van der Waals surface area contributed by atoms with Gasteiger partial charge in [-0.25, -0.2) is 4.98 Å². The molecule has 1 heterocycles. The van der Waals surface area contributed by atoms with E-state index in [0.29, 0.717) is 16.6 Å². The number of nitrogens with zero attached hydrogens (tertiary/aromatic N) is 1. The average molecular weight is 308 g/mol.